The highest BCUT2D eigenvalue weighted by atomic mass is 32.2. The molecule has 0 saturated carbocycles. The van der Waals surface area contributed by atoms with Gasteiger partial charge in [-0.15, -0.1) is 0 Å². The molecule has 5 rings (SSSR count). The van der Waals surface area contributed by atoms with Crippen molar-refractivity contribution in [2.24, 2.45) is 0 Å². The zero-order chi connectivity index (χ0) is 30.2. The Morgan fingerprint density at radius 1 is 1.07 bits per heavy atom. The number of halogens is 2. The first-order valence-electron chi connectivity index (χ1n) is 13.9. The van der Waals surface area contributed by atoms with E-state index in [9.17, 15) is 26.8 Å². The molecule has 4 aromatic rings. The molecule has 42 heavy (non-hydrogen) atoms. The number of benzene rings is 3. The van der Waals surface area contributed by atoms with Gasteiger partial charge in [-0.1, -0.05) is 19.1 Å². The van der Waals surface area contributed by atoms with E-state index in [1.165, 1.54) is 30.3 Å². The number of hydrogen-bond donors (Lipinski definition) is 0. The molecule has 0 spiro atoms. The predicted octanol–water partition coefficient (Wildman–Crippen LogP) is 6.86. The number of carbonyl (C=O) groups excluding carboxylic acids is 2. The van der Waals surface area contributed by atoms with Gasteiger partial charge in [0.1, 0.15) is 23.8 Å². The Balaban J connectivity index is 1.78. The first-order valence-corrected chi connectivity index (χ1v) is 15.7. The second-order valence-electron chi connectivity index (χ2n) is 10.6. The molecule has 3 aromatic carbocycles. The molecule has 2 heterocycles. The van der Waals surface area contributed by atoms with Gasteiger partial charge >= 0.3 is 0 Å². The van der Waals surface area contributed by atoms with Crippen LogP contribution in [0.1, 0.15) is 53.8 Å². The molecule has 0 bridgehead atoms. The van der Waals surface area contributed by atoms with Gasteiger partial charge in [0.15, 0.2) is 5.78 Å². The molecule has 1 aromatic heterocycles. The third-order valence-electron chi connectivity index (χ3n) is 7.70. The minimum atomic E-state index is -3.94. The SMILES string of the molecule is CCC(=O)c1c(-c2ccc(F)cc2)oc2cc(N(CCF)S(C)(=O)=O)c(-c3cccc(C(=O)N4CCCC4C)c3)cc12. The molecule has 1 unspecified atom stereocenters. The normalized spacial score (nSPS) is 15.4. The summed E-state index contributed by atoms with van der Waals surface area (Å²) in [5, 5.41) is 0.429. The summed E-state index contributed by atoms with van der Waals surface area (Å²) in [6.07, 6.45) is 2.99. The fourth-order valence-electron chi connectivity index (χ4n) is 5.59. The zero-order valence-electron chi connectivity index (χ0n) is 23.7. The highest BCUT2D eigenvalue weighted by Gasteiger charge is 2.29. The van der Waals surface area contributed by atoms with E-state index in [-0.39, 0.29) is 46.7 Å². The number of sulfonamides is 1. The molecule has 10 heteroatoms. The smallest absolute Gasteiger partial charge is 0.254 e. The number of furan rings is 1. The second kappa shape index (κ2) is 11.7. The van der Waals surface area contributed by atoms with Crippen molar-refractivity contribution < 1.29 is 31.2 Å². The van der Waals surface area contributed by atoms with Crippen molar-refractivity contribution in [3.05, 3.63) is 77.6 Å². The van der Waals surface area contributed by atoms with E-state index >= 15 is 0 Å². The highest BCUT2D eigenvalue weighted by Crippen LogP contribution is 2.42. The summed E-state index contributed by atoms with van der Waals surface area (Å²) >= 11 is 0. The summed E-state index contributed by atoms with van der Waals surface area (Å²) in [6, 6.07) is 15.6. The van der Waals surface area contributed by atoms with Crippen molar-refractivity contribution in [3.63, 3.8) is 0 Å². The van der Waals surface area contributed by atoms with Gasteiger partial charge in [-0.2, -0.15) is 0 Å². The summed E-state index contributed by atoms with van der Waals surface area (Å²) < 4.78 is 60.3. The lowest BCUT2D eigenvalue weighted by molar-refractivity contribution is 0.0747. The Morgan fingerprint density at radius 2 is 1.81 bits per heavy atom. The molecular formula is C32H32F2N2O5S. The van der Waals surface area contributed by atoms with E-state index in [1.54, 1.807) is 37.3 Å². The van der Waals surface area contributed by atoms with E-state index in [0.717, 1.165) is 23.4 Å². The van der Waals surface area contributed by atoms with E-state index in [1.807, 2.05) is 11.8 Å². The molecule has 220 valence electrons. The van der Waals surface area contributed by atoms with Crippen molar-refractivity contribution in [1.29, 1.82) is 0 Å². The van der Waals surface area contributed by atoms with Crippen LogP contribution < -0.4 is 4.31 Å². The molecule has 1 fully saturated rings. The number of rotatable bonds is 9. The lowest BCUT2D eigenvalue weighted by Crippen LogP contribution is -2.33. The zero-order valence-corrected chi connectivity index (χ0v) is 24.5. The number of anilines is 1. The van der Waals surface area contributed by atoms with E-state index in [0.29, 0.717) is 34.2 Å². The maximum atomic E-state index is 13.7. The van der Waals surface area contributed by atoms with Gasteiger partial charge in [0.25, 0.3) is 5.91 Å². The molecule has 1 saturated heterocycles. The maximum absolute atomic E-state index is 13.7. The van der Waals surface area contributed by atoms with Crippen molar-refractivity contribution in [3.8, 4) is 22.5 Å². The van der Waals surface area contributed by atoms with E-state index in [4.69, 9.17) is 4.42 Å². The highest BCUT2D eigenvalue weighted by molar-refractivity contribution is 7.92. The number of hydrogen-bond acceptors (Lipinski definition) is 5. The molecule has 0 N–H and O–H groups in total. The van der Waals surface area contributed by atoms with Gasteiger partial charge in [-0.25, -0.2) is 17.2 Å². The summed E-state index contributed by atoms with van der Waals surface area (Å²) in [5.74, 6) is -0.571. The summed E-state index contributed by atoms with van der Waals surface area (Å²) in [5.41, 5.74) is 2.48. The van der Waals surface area contributed by atoms with Crippen LogP contribution in [0.2, 0.25) is 0 Å². The van der Waals surface area contributed by atoms with Crippen molar-refractivity contribution in [2.45, 2.75) is 39.2 Å². The largest absolute Gasteiger partial charge is 0.455 e. The Morgan fingerprint density at radius 3 is 2.43 bits per heavy atom. The van der Waals surface area contributed by atoms with Crippen molar-refractivity contribution in [1.82, 2.24) is 4.90 Å². The monoisotopic (exact) mass is 594 g/mol. The van der Waals surface area contributed by atoms with Crippen LogP contribution in [0, 0.1) is 5.82 Å². The number of likely N-dealkylation sites (tertiary alicyclic amines) is 1. The van der Waals surface area contributed by atoms with Crippen LogP contribution in [0.5, 0.6) is 0 Å². The quantitative estimate of drug-likeness (QED) is 0.198. The second-order valence-corrected chi connectivity index (χ2v) is 12.5. The van der Waals surface area contributed by atoms with Crippen molar-refractivity contribution >= 4 is 38.4 Å². The predicted molar refractivity (Wildman–Crippen MR) is 160 cm³/mol. The van der Waals surface area contributed by atoms with Gasteiger partial charge in [0, 0.05) is 47.2 Å². The van der Waals surface area contributed by atoms with Gasteiger partial charge in [-0.05, 0) is 67.8 Å². The Bertz CT molecular complexity index is 1770. The number of nitrogens with zero attached hydrogens (tertiary/aromatic N) is 2. The van der Waals surface area contributed by atoms with Crippen LogP contribution in [0.4, 0.5) is 14.5 Å². The molecule has 1 atom stereocenters. The minimum Gasteiger partial charge on any atom is -0.455 e. The van der Waals surface area contributed by atoms with Gasteiger partial charge < -0.3 is 9.32 Å². The average molecular weight is 595 g/mol. The third-order valence-corrected chi connectivity index (χ3v) is 8.88. The van der Waals surface area contributed by atoms with Crippen LogP contribution in [0.25, 0.3) is 33.4 Å². The van der Waals surface area contributed by atoms with E-state index < -0.39 is 29.1 Å². The van der Waals surface area contributed by atoms with Crippen LogP contribution in [-0.4, -0.2) is 57.1 Å². The first kappa shape index (κ1) is 29.4. The molecule has 0 aliphatic carbocycles. The molecule has 1 aliphatic heterocycles. The molecule has 7 nitrogen and oxygen atoms in total. The standard InChI is InChI=1S/C32H32F2N2O5S/c1-4-28(37)30-26-18-25(22-8-5-9-23(17-22)32(38)35-15-6-7-20(35)2)27(36(16-14-33)42(3,39)40)19-29(26)41-31(30)21-10-12-24(34)13-11-21/h5,8-13,17-20H,4,6-7,14-16H2,1-3H3. The number of amides is 1. The number of ketones is 1. The lowest BCUT2D eigenvalue weighted by atomic mass is 9.95. The molecule has 0 radical (unpaired) electrons. The van der Waals surface area contributed by atoms with Gasteiger partial charge in [0.05, 0.1) is 24.1 Å². The van der Waals surface area contributed by atoms with Gasteiger partial charge in [-0.3, -0.25) is 13.9 Å². The minimum absolute atomic E-state index is 0.108. The van der Waals surface area contributed by atoms with Crippen LogP contribution in [0.3, 0.4) is 0 Å². The van der Waals surface area contributed by atoms with Crippen LogP contribution in [-0.2, 0) is 10.0 Å². The Kier molecular flexibility index (Phi) is 8.19. The van der Waals surface area contributed by atoms with Crippen LogP contribution >= 0.6 is 0 Å². The number of carbonyl (C=O) groups is 2. The summed E-state index contributed by atoms with van der Waals surface area (Å²) in [6.45, 7) is 3.00. The Labute approximate surface area is 243 Å². The molecular weight excluding hydrogens is 562 g/mol. The molecule has 1 amide bonds. The first-order chi connectivity index (χ1) is 20.0. The van der Waals surface area contributed by atoms with Crippen LogP contribution in [0.15, 0.2) is 65.1 Å². The summed E-state index contributed by atoms with van der Waals surface area (Å²) in [4.78, 5) is 28.5. The van der Waals surface area contributed by atoms with Gasteiger partial charge in [0.2, 0.25) is 10.0 Å². The van der Waals surface area contributed by atoms with E-state index in [2.05, 4.69) is 0 Å². The number of alkyl halides is 1. The summed E-state index contributed by atoms with van der Waals surface area (Å²) in [7, 11) is -3.94. The average Bonchev–Trinajstić information content (AvgIpc) is 3.57. The number of fused-ring (bicyclic) bond motifs is 1. The number of Topliss-reactive ketones (excluding diaryl/α,β-unsaturated/α-hetero) is 1. The fraction of sp³-hybridized carbons (Fsp3) is 0.312. The molecule has 1 aliphatic rings. The lowest BCUT2D eigenvalue weighted by Gasteiger charge is -2.25. The van der Waals surface area contributed by atoms with Crippen molar-refractivity contribution in [2.75, 3.05) is 30.3 Å². The Hall–Kier alpha value is -4.05. The third kappa shape index (κ3) is 5.55. The fourth-order valence-corrected chi connectivity index (χ4v) is 6.50. The topological polar surface area (TPSA) is 87.9 Å². The maximum Gasteiger partial charge on any atom is 0.254 e.